The maximum Gasteiger partial charge on any atom is 0.355 e. The second-order valence-electron chi connectivity index (χ2n) is 5.11. The summed E-state index contributed by atoms with van der Waals surface area (Å²) in [5.41, 5.74) is 0.0178. The summed E-state index contributed by atoms with van der Waals surface area (Å²) in [6.45, 7) is 3.93. The van der Waals surface area contributed by atoms with E-state index >= 15 is 0 Å². The lowest BCUT2D eigenvalue weighted by atomic mass is 10.2. The van der Waals surface area contributed by atoms with Crippen LogP contribution in [0.5, 0.6) is 0 Å². The molecule has 2 rings (SSSR count). The van der Waals surface area contributed by atoms with Crippen molar-refractivity contribution in [3.05, 3.63) is 16.1 Å². The number of thiazole rings is 1. The summed E-state index contributed by atoms with van der Waals surface area (Å²) >= 11 is 1.24. The van der Waals surface area contributed by atoms with Gasteiger partial charge in [0.1, 0.15) is 5.01 Å². The van der Waals surface area contributed by atoms with Crippen molar-refractivity contribution >= 4 is 23.3 Å². The van der Waals surface area contributed by atoms with Gasteiger partial charge >= 0.3 is 12.0 Å². The van der Waals surface area contributed by atoms with Crippen LogP contribution in [0.2, 0.25) is 0 Å². The first-order valence-electron chi connectivity index (χ1n) is 6.77. The number of nitrogens with one attached hydrogen (secondary N) is 2. The number of aromatic nitrogens is 1. The summed E-state index contributed by atoms with van der Waals surface area (Å²) < 4.78 is 0. The summed E-state index contributed by atoms with van der Waals surface area (Å²) in [6, 6.07) is -0.224. The zero-order chi connectivity index (χ0) is 14.7. The predicted molar refractivity (Wildman–Crippen MR) is 76.0 cm³/mol. The third-order valence-corrected chi connectivity index (χ3v) is 4.39. The minimum absolute atomic E-state index is 0.0178. The molecule has 7 heteroatoms. The molecule has 0 saturated heterocycles. The lowest BCUT2D eigenvalue weighted by molar-refractivity contribution is 0.0691. The normalized spacial score (nSPS) is 22.1. The molecule has 6 nitrogen and oxygen atoms in total. The van der Waals surface area contributed by atoms with Crippen molar-refractivity contribution in [2.24, 2.45) is 5.92 Å². The van der Waals surface area contributed by atoms with Crippen LogP contribution in [-0.2, 0) is 0 Å². The monoisotopic (exact) mass is 297 g/mol. The molecular formula is C13H19N3O3S. The topological polar surface area (TPSA) is 91.3 Å². The van der Waals surface area contributed by atoms with Crippen molar-refractivity contribution in [3.63, 3.8) is 0 Å². The lowest BCUT2D eigenvalue weighted by Gasteiger charge is -2.12. The van der Waals surface area contributed by atoms with Crippen molar-refractivity contribution in [1.82, 2.24) is 15.6 Å². The van der Waals surface area contributed by atoms with Gasteiger partial charge in [0.15, 0.2) is 5.69 Å². The van der Waals surface area contributed by atoms with E-state index in [4.69, 9.17) is 5.11 Å². The zero-order valence-electron chi connectivity index (χ0n) is 11.5. The van der Waals surface area contributed by atoms with Crippen LogP contribution in [0.25, 0.3) is 0 Å². The Hall–Kier alpha value is -1.63. The molecule has 0 spiro atoms. The molecule has 1 aliphatic carbocycles. The Labute approximate surface area is 121 Å². The first kappa shape index (κ1) is 14.8. The highest BCUT2D eigenvalue weighted by molar-refractivity contribution is 7.09. The highest BCUT2D eigenvalue weighted by Crippen LogP contribution is 2.34. The molecule has 0 aromatic carbocycles. The van der Waals surface area contributed by atoms with Crippen LogP contribution in [0.3, 0.4) is 0 Å². The SMILES string of the molecule is CCCC1CC1NC(=O)NC(C)c1nc(C(=O)O)cs1. The number of urea groups is 1. The van der Waals surface area contributed by atoms with Gasteiger partial charge in [-0.1, -0.05) is 13.3 Å². The lowest BCUT2D eigenvalue weighted by Crippen LogP contribution is -2.38. The van der Waals surface area contributed by atoms with Gasteiger partial charge < -0.3 is 15.7 Å². The van der Waals surface area contributed by atoms with Gasteiger partial charge in [-0.15, -0.1) is 11.3 Å². The summed E-state index contributed by atoms with van der Waals surface area (Å²) in [4.78, 5) is 26.5. The molecule has 3 unspecified atom stereocenters. The second kappa shape index (κ2) is 6.21. The number of rotatable bonds is 6. The first-order chi connectivity index (χ1) is 9.51. The Morgan fingerprint density at radius 3 is 2.95 bits per heavy atom. The smallest absolute Gasteiger partial charge is 0.355 e. The molecule has 0 bridgehead atoms. The largest absolute Gasteiger partial charge is 0.476 e. The Balaban J connectivity index is 1.80. The van der Waals surface area contributed by atoms with E-state index in [-0.39, 0.29) is 23.8 Å². The van der Waals surface area contributed by atoms with Crippen LogP contribution in [0.4, 0.5) is 4.79 Å². The number of amides is 2. The fourth-order valence-corrected chi connectivity index (χ4v) is 2.97. The van der Waals surface area contributed by atoms with E-state index in [1.54, 1.807) is 6.92 Å². The summed E-state index contributed by atoms with van der Waals surface area (Å²) in [7, 11) is 0. The van der Waals surface area contributed by atoms with E-state index < -0.39 is 5.97 Å². The Morgan fingerprint density at radius 2 is 2.35 bits per heavy atom. The fraction of sp³-hybridized carbons (Fsp3) is 0.615. The second-order valence-corrected chi connectivity index (χ2v) is 6.00. The molecule has 2 amide bonds. The Bertz CT molecular complexity index is 503. The molecule has 3 N–H and O–H groups in total. The molecule has 1 fully saturated rings. The van der Waals surface area contributed by atoms with Gasteiger partial charge in [-0.2, -0.15) is 0 Å². The molecule has 3 atom stereocenters. The Morgan fingerprint density at radius 1 is 1.60 bits per heavy atom. The summed E-state index contributed by atoms with van der Waals surface area (Å²) in [5.74, 6) is -0.441. The standard InChI is InChI=1S/C13H19N3O3S/c1-3-4-8-5-9(8)16-13(19)14-7(2)11-15-10(6-20-11)12(17)18/h6-9H,3-5H2,1-2H3,(H,17,18)(H2,14,16,19). The minimum atomic E-state index is -1.05. The van der Waals surface area contributed by atoms with Gasteiger partial charge in [-0.3, -0.25) is 0 Å². The van der Waals surface area contributed by atoms with Crippen LogP contribution in [0, 0.1) is 5.92 Å². The first-order valence-corrected chi connectivity index (χ1v) is 7.65. The number of hydrogen-bond acceptors (Lipinski definition) is 4. The van der Waals surface area contributed by atoms with E-state index in [1.807, 2.05) is 0 Å². The van der Waals surface area contributed by atoms with Crippen LogP contribution in [0.1, 0.15) is 54.6 Å². The molecule has 1 aromatic heterocycles. The van der Waals surface area contributed by atoms with Crippen molar-refractivity contribution in [3.8, 4) is 0 Å². The van der Waals surface area contributed by atoms with Crippen LogP contribution in [0.15, 0.2) is 5.38 Å². The quantitative estimate of drug-likeness (QED) is 0.752. The molecule has 110 valence electrons. The van der Waals surface area contributed by atoms with Crippen molar-refractivity contribution in [2.75, 3.05) is 0 Å². The molecule has 20 heavy (non-hydrogen) atoms. The minimum Gasteiger partial charge on any atom is -0.476 e. The fourth-order valence-electron chi connectivity index (χ4n) is 2.17. The van der Waals surface area contributed by atoms with Gasteiger partial charge in [0.05, 0.1) is 6.04 Å². The molecule has 0 radical (unpaired) electrons. The molecule has 0 aliphatic heterocycles. The maximum absolute atomic E-state index is 11.8. The van der Waals surface area contributed by atoms with E-state index in [2.05, 4.69) is 22.5 Å². The third kappa shape index (κ3) is 3.69. The van der Waals surface area contributed by atoms with Gasteiger partial charge in [0.2, 0.25) is 0 Å². The molecule has 1 saturated carbocycles. The summed E-state index contributed by atoms with van der Waals surface area (Å²) in [6.07, 6.45) is 3.34. The van der Waals surface area contributed by atoms with E-state index in [0.717, 1.165) is 19.3 Å². The summed E-state index contributed by atoms with van der Waals surface area (Å²) in [5, 5.41) is 16.6. The van der Waals surface area contributed by atoms with Gasteiger partial charge in [-0.05, 0) is 25.7 Å². The van der Waals surface area contributed by atoms with Crippen LogP contribution >= 0.6 is 11.3 Å². The average molecular weight is 297 g/mol. The van der Waals surface area contributed by atoms with Gasteiger partial charge in [0.25, 0.3) is 0 Å². The maximum atomic E-state index is 11.8. The number of hydrogen-bond donors (Lipinski definition) is 3. The molecule has 1 heterocycles. The van der Waals surface area contributed by atoms with E-state index in [9.17, 15) is 9.59 Å². The number of aromatic carboxylic acids is 1. The van der Waals surface area contributed by atoms with Crippen LogP contribution < -0.4 is 10.6 Å². The zero-order valence-corrected chi connectivity index (χ0v) is 12.4. The number of carboxylic acid groups (broad SMARTS) is 1. The number of carbonyl (C=O) groups excluding carboxylic acids is 1. The van der Waals surface area contributed by atoms with Crippen molar-refractivity contribution < 1.29 is 14.7 Å². The highest BCUT2D eigenvalue weighted by Gasteiger charge is 2.37. The number of nitrogens with zero attached hydrogens (tertiary/aromatic N) is 1. The molecule has 1 aromatic rings. The average Bonchev–Trinajstić information content (AvgIpc) is 2.93. The van der Waals surface area contributed by atoms with E-state index in [0.29, 0.717) is 10.9 Å². The third-order valence-electron chi connectivity index (χ3n) is 3.36. The molecular weight excluding hydrogens is 278 g/mol. The van der Waals surface area contributed by atoms with E-state index in [1.165, 1.54) is 16.7 Å². The number of carboxylic acids is 1. The van der Waals surface area contributed by atoms with Crippen molar-refractivity contribution in [1.29, 1.82) is 0 Å². The predicted octanol–water partition coefficient (Wildman–Crippen LogP) is 2.39. The highest BCUT2D eigenvalue weighted by atomic mass is 32.1. The number of carbonyl (C=O) groups is 2. The van der Waals surface area contributed by atoms with Gasteiger partial charge in [0, 0.05) is 11.4 Å². The van der Waals surface area contributed by atoms with Crippen LogP contribution in [-0.4, -0.2) is 28.1 Å². The van der Waals surface area contributed by atoms with Crippen molar-refractivity contribution in [2.45, 2.75) is 45.2 Å². The Kier molecular flexibility index (Phi) is 4.59. The molecule has 1 aliphatic rings. The van der Waals surface area contributed by atoms with Gasteiger partial charge in [-0.25, -0.2) is 14.6 Å².